The topological polar surface area (TPSA) is 38.0 Å². The lowest BCUT2D eigenvalue weighted by molar-refractivity contribution is 0.946. The minimum absolute atomic E-state index is 0.147. The van der Waals surface area contributed by atoms with Gasteiger partial charge in [0.15, 0.2) is 0 Å². The van der Waals surface area contributed by atoms with Crippen LogP contribution in [-0.2, 0) is 6.54 Å². The fraction of sp³-hybridized carbons (Fsp3) is 0.333. The molecule has 3 N–H and O–H groups in total. The second-order valence-electron chi connectivity index (χ2n) is 2.63. The van der Waals surface area contributed by atoms with Crippen LogP contribution in [0.3, 0.4) is 0 Å². The molecule has 0 heterocycles. The van der Waals surface area contributed by atoms with Crippen LogP contribution < -0.4 is 10.5 Å². The van der Waals surface area contributed by atoms with Gasteiger partial charge < -0.3 is 5.73 Å². The number of rotatable bonds is 4. The summed E-state index contributed by atoms with van der Waals surface area (Å²) >= 11 is 1.55. The first-order valence-corrected chi connectivity index (χ1v) is 4.85. The van der Waals surface area contributed by atoms with Crippen molar-refractivity contribution in [1.82, 2.24) is 4.72 Å². The summed E-state index contributed by atoms with van der Waals surface area (Å²) in [5.74, 6) is 0. The molecule has 0 aliphatic heterocycles. The summed E-state index contributed by atoms with van der Waals surface area (Å²) in [4.78, 5) is 0. The SMILES string of the molecule is CC(N)SNCc1ccccc1. The van der Waals surface area contributed by atoms with E-state index in [9.17, 15) is 0 Å². The van der Waals surface area contributed by atoms with Crippen molar-refractivity contribution >= 4 is 11.9 Å². The Morgan fingerprint density at radius 3 is 2.67 bits per heavy atom. The highest BCUT2D eigenvalue weighted by Gasteiger charge is 1.93. The van der Waals surface area contributed by atoms with Gasteiger partial charge in [-0.05, 0) is 12.5 Å². The molecule has 1 unspecified atom stereocenters. The molecule has 0 fully saturated rings. The average Bonchev–Trinajstić information content (AvgIpc) is 2.05. The number of nitrogens with two attached hydrogens (primary N) is 1. The van der Waals surface area contributed by atoms with Gasteiger partial charge in [-0.25, -0.2) is 0 Å². The van der Waals surface area contributed by atoms with E-state index >= 15 is 0 Å². The lowest BCUT2D eigenvalue weighted by Gasteiger charge is -2.05. The summed E-state index contributed by atoms with van der Waals surface area (Å²) < 4.78 is 3.19. The molecule has 0 radical (unpaired) electrons. The Hall–Kier alpha value is -0.510. The lowest BCUT2D eigenvalue weighted by Crippen LogP contribution is -2.16. The van der Waals surface area contributed by atoms with Gasteiger partial charge in [-0.1, -0.05) is 42.3 Å². The number of hydrogen-bond acceptors (Lipinski definition) is 3. The monoisotopic (exact) mass is 182 g/mol. The molecule has 12 heavy (non-hydrogen) atoms. The summed E-state index contributed by atoms with van der Waals surface area (Å²) in [6.45, 7) is 2.83. The zero-order chi connectivity index (χ0) is 8.81. The maximum Gasteiger partial charge on any atom is 0.0625 e. The minimum atomic E-state index is 0.147. The molecule has 0 amide bonds. The van der Waals surface area contributed by atoms with Crippen LogP contribution in [0, 0.1) is 0 Å². The van der Waals surface area contributed by atoms with E-state index in [1.54, 1.807) is 11.9 Å². The molecular weight excluding hydrogens is 168 g/mol. The smallest absolute Gasteiger partial charge is 0.0625 e. The van der Waals surface area contributed by atoms with Gasteiger partial charge in [0.1, 0.15) is 0 Å². The van der Waals surface area contributed by atoms with Gasteiger partial charge in [0, 0.05) is 6.54 Å². The van der Waals surface area contributed by atoms with Crippen LogP contribution in [0.4, 0.5) is 0 Å². The molecule has 1 aromatic carbocycles. The molecule has 0 bridgehead atoms. The fourth-order valence-corrected chi connectivity index (χ4v) is 1.37. The van der Waals surface area contributed by atoms with Gasteiger partial charge in [0.25, 0.3) is 0 Å². The van der Waals surface area contributed by atoms with Crippen LogP contribution >= 0.6 is 11.9 Å². The molecule has 1 atom stereocenters. The van der Waals surface area contributed by atoms with E-state index in [-0.39, 0.29) is 5.37 Å². The van der Waals surface area contributed by atoms with Crippen molar-refractivity contribution in [3.05, 3.63) is 35.9 Å². The zero-order valence-corrected chi connectivity index (χ0v) is 7.97. The largest absolute Gasteiger partial charge is 0.319 e. The van der Waals surface area contributed by atoms with Crippen molar-refractivity contribution in [1.29, 1.82) is 0 Å². The third-order valence-electron chi connectivity index (χ3n) is 1.39. The van der Waals surface area contributed by atoms with E-state index in [4.69, 9.17) is 5.73 Å². The Kier molecular flexibility index (Phi) is 4.14. The fourth-order valence-electron chi connectivity index (χ4n) is 0.852. The van der Waals surface area contributed by atoms with Gasteiger partial charge in [0.2, 0.25) is 0 Å². The third kappa shape index (κ3) is 3.76. The molecule has 0 saturated heterocycles. The maximum absolute atomic E-state index is 5.56. The van der Waals surface area contributed by atoms with Crippen LogP contribution in [-0.4, -0.2) is 5.37 Å². The number of hydrogen-bond donors (Lipinski definition) is 2. The Bertz CT molecular complexity index is 211. The van der Waals surface area contributed by atoms with E-state index in [1.807, 2.05) is 25.1 Å². The Balaban J connectivity index is 2.25. The first-order valence-electron chi connectivity index (χ1n) is 3.97. The lowest BCUT2D eigenvalue weighted by atomic mass is 10.2. The Labute approximate surface area is 77.7 Å². The predicted molar refractivity (Wildman–Crippen MR) is 54.5 cm³/mol. The summed E-state index contributed by atoms with van der Waals surface area (Å²) in [5, 5.41) is 0.147. The van der Waals surface area contributed by atoms with E-state index in [0.717, 1.165) is 6.54 Å². The molecular formula is C9H14N2S. The minimum Gasteiger partial charge on any atom is -0.319 e. The maximum atomic E-state index is 5.56. The number of benzene rings is 1. The number of nitrogens with one attached hydrogen (secondary N) is 1. The van der Waals surface area contributed by atoms with Crippen molar-refractivity contribution in [2.24, 2.45) is 5.73 Å². The normalized spacial score (nSPS) is 12.8. The van der Waals surface area contributed by atoms with Gasteiger partial charge >= 0.3 is 0 Å². The van der Waals surface area contributed by atoms with Crippen LogP contribution in [0.5, 0.6) is 0 Å². The van der Waals surface area contributed by atoms with Crippen LogP contribution in [0.25, 0.3) is 0 Å². The quantitative estimate of drug-likeness (QED) is 0.550. The van der Waals surface area contributed by atoms with Crippen molar-refractivity contribution < 1.29 is 0 Å². The molecule has 0 spiro atoms. The van der Waals surface area contributed by atoms with E-state index < -0.39 is 0 Å². The van der Waals surface area contributed by atoms with Gasteiger partial charge in [0.05, 0.1) is 5.37 Å². The Morgan fingerprint density at radius 1 is 1.42 bits per heavy atom. The Morgan fingerprint density at radius 2 is 2.08 bits per heavy atom. The highest BCUT2D eigenvalue weighted by molar-refractivity contribution is 7.97. The van der Waals surface area contributed by atoms with Crippen molar-refractivity contribution in [3.63, 3.8) is 0 Å². The highest BCUT2D eigenvalue weighted by atomic mass is 32.2. The predicted octanol–water partition coefficient (Wildman–Crippen LogP) is 1.73. The van der Waals surface area contributed by atoms with Crippen molar-refractivity contribution in [2.75, 3.05) is 0 Å². The first-order chi connectivity index (χ1) is 5.79. The highest BCUT2D eigenvalue weighted by Crippen LogP contribution is 2.02. The molecule has 1 rings (SSSR count). The molecule has 3 heteroatoms. The average molecular weight is 182 g/mol. The zero-order valence-electron chi connectivity index (χ0n) is 7.16. The van der Waals surface area contributed by atoms with Crippen LogP contribution in [0.2, 0.25) is 0 Å². The standard InChI is InChI=1S/C9H14N2S/c1-8(10)12-11-7-9-5-3-2-4-6-9/h2-6,8,11H,7,10H2,1H3. The van der Waals surface area contributed by atoms with Crippen molar-refractivity contribution in [2.45, 2.75) is 18.8 Å². The van der Waals surface area contributed by atoms with E-state index in [2.05, 4.69) is 16.9 Å². The first kappa shape index (κ1) is 9.58. The van der Waals surface area contributed by atoms with Crippen molar-refractivity contribution in [3.8, 4) is 0 Å². The molecule has 0 aliphatic rings. The van der Waals surface area contributed by atoms with Gasteiger partial charge in [-0.2, -0.15) is 0 Å². The summed E-state index contributed by atoms with van der Waals surface area (Å²) in [6.07, 6.45) is 0. The molecule has 2 nitrogen and oxygen atoms in total. The summed E-state index contributed by atoms with van der Waals surface area (Å²) in [7, 11) is 0. The van der Waals surface area contributed by atoms with E-state index in [0.29, 0.717) is 0 Å². The van der Waals surface area contributed by atoms with Crippen LogP contribution in [0.1, 0.15) is 12.5 Å². The molecule has 1 aromatic rings. The third-order valence-corrected chi connectivity index (χ3v) is 2.07. The second-order valence-corrected chi connectivity index (χ2v) is 3.90. The molecule has 0 aromatic heterocycles. The molecule has 66 valence electrons. The second kappa shape index (κ2) is 5.19. The van der Waals surface area contributed by atoms with Gasteiger partial charge in [-0.3, -0.25) is 4.72 Å². The summed E-state index contributed by atoms with van der Waals surface area (Å²) in [6, 6.07) is 10.3. The summed E-state index contributed by atoms with van der Waals surface area (Å²) in [5.41, 5.74) is 6.84. The molecule has 0 aliphatic carbocycles. The van der Waals surface area contributed by atoms with E-state index in [1.165, 1.54) is 5.56 Å². The molecule has 0 saturated carbocycles. The van der Waals surface area contributed by atoms with Crippen LogP contribution in [0.15, 0.2) is 30.3 Å². The van der Waals surface area contributed by atoms with Gasteiger partial charge in [-0.15, -0.1) is 0 Å².